The standard InChI is InChI=1S/C18H19N3O3/c1-23-15-9-8-12(11-16(15)24-13-5-2-3-6-13)21-17-14(20-18(21)22)7-4-10-19-17/h4,7-11,13H,2-3,5-6H2,1H3,(H,20,22). The average Bonchev–Trinajstić information content (AvgIpc) is 3.21. The number of pyridine rings is 1. The van der Waals surface area contributed by atoms with Crippen LogP contribution in [0.1, 0.15) is 25.7 Å². The molecule has 1 fully saturated rings. The topological polar surface area (TPSA) is 69.1 Å². The van der Waals surface area contributed by atoms with Gasteiger partial charge in [-0.25, -0.2) is 14.3 Å². The van der Waals surface area contributed by atoms with Crippen molar-refractivity contribution in [2.45, 2.75) is 31.8 Å². The first-order valence-corrected chi connectivity index (χ1v) is 8.17. The first-order chi connectivity index (χ1) is 11.8. The Labute approximate surface area is 139 Å². The van der Waals surface area contributed by atoms with E-state index in [-0.39, 0.29) is 11.8 Å². The van der Waals surface area contributed by atoms with E-state index in [2.05, 4.69) is 9.97 Å². The molecular formula is C18H19N3O3. The number of rotatable bonds is 4. The van der Waals surface area contributed by atoms with Crippen LogP contribution in [0, 0.1) is 0 Å². The minimum atomic E-state index is -0.222. The van der Waals surface area contributed by atoms with E-state index in [1.165, 1.54) is 12.8 Å². The summed E-state index contributed by atoms with van der Waals surface area (Å²) in [5.74, 6) is 1.34. The van der Waals surface area contributed by atoms with Gasteiger partial charge >= 0.3 is 5.69 Å². The molecule has 1 saturated carbocycles. The molecular weight excluding hydrogens is 306 g/mol. The zero-order chi connectivity index (χ0) is 16.5. The number of aromatic amines is 1. The second kappa shape index (κ2) is 6.03. The highest BCUT2D eigenvalue weighted by Gasteiger charge is 2.19. The van der Waals surface area contributed by atoms with Gasteiger partial charge in [0.15, 0.2) is 17.1 Å². The fourth-order valence-corrected chi connectivity index (χ4v) is 3.26. The highest BCUT2D eigenvalue weighted by Crippen LogP contribution is 2.33. The van der Waals surface area contributed by atoms with E-state index in [0.29, 0.717) is 28.4 Å². The molecule has 4 rings (SSSR count). The number of methoxy groups -OCH3 is 1. The quantitative estimate of drug-likeness (QED) is 0.800. The zero-order valence-electron chi connectivity index (χ0n) is 13.5. The Morgan fingerprint density at radius 3 is 2.83 bits per heavy atom. The maximum atomic E-state index is 12.3. The van der Waals surface area contributed by atoms with E-state index in [1.54, 1.807) is 23.9 Å². The van der Waals surface area contributed by atoms with E-state index in [9.17, 15) is 4.79 Å². The molecule has 0 amide bonds. The third-order valence-corrected chi connectivity index (χ3v) is 4.44. The molecule has 0 aliphatic heterocycles. The van der Waals surface area contributed by atoms with Crippen molar-refractivity contribution in [1.82, 2.24) is 14.5 Å². The van der Waals surface area contributed by atoms with Gasteiger partial charge in [-0.2, -0.15) is 0 Å². The Kier molecular flexibility index (Phi) is 3.72. The second-order valence-corrected chi connectivity index (χ2v) is 6.00. The summed E-state index contributed by atoms with van der Waals surface area (Å²) < 4.78 is 13.1. The molecule has 0 unspecified atom stereocenters. The fourth-order valence-electron chi connectivity index (χ4n) is 3.26. The van der Waals surface area contributed by atoms with Crippen LogP contribution in [0.4, 0.5) is 0 Å². The van der Waals surface area contributed by atoms with Crippen molar-refractivity contribution in [2.24, 2.45) is 0 Å². The second-order valence-electron chi connectivity index (χ2n) is 6.00. The Balaban J connectivity index is 1.80. The van der Waals surface area contributed by atoms with Crippen molar-refractivity contribution in [3.8, 4) is 17.2 Å². The minimum absolute atomic E-state index is 0.215. The van der Waals surface area contributed by atoms with E-state index < -0.39 is 0 Å². The molecule has 6 nitrogen and oxygen atoms in total. The molecule has 1 aliphatic rings. The van der Waals surface area contributed by atoms with Gasteiger partial charge in [-0.05, 0) is 49.9 Å². The van der Waals surface area contributed by atoms with Gasteiger partial charge in [-0.1, -0.05) is 0 Å². The molecule has 0 saturated heterocycles. The van der Waals surface area contributed by atoms with E-state index >= 15 is 0 Å². The number of H-pyrrole nitrogens is 1. The SMILES string of the molecule is COc1ccc(-n2c(=O)[nH]c3cccnc32)cc1OC1CCCC1. The maximum Gasteiger partial charge on any atom is 0.332 e. The summed E-state index contributed by atoms with van der Waals surface area (Å²) in [7, 11) is 1.62. The number of benzene rings is 1. The van der Waals surface area contributed by atoms with Gasteiger partial charge in [0.05, 0.1) is 24.4 Å². The molecule has 1 aliphatic carbocycles. The molecule has 1 N–H and O–H groups in total. The van der Waals surface area contributed by atoms with Crippen LogP contribution >= 0.6 is 0 Å². The van der Waals surface area contributed by atoms with E-state index in [4.69, 9.17) is 9.47 Å². The molecule has 0 spiro atoms. The summed E-state index contributed by atoms with van der Waals surface area (Å²) in [4.78, 5) is 19.5. The van der Waals surface area contributed by atoms with Crippen LogP contribution in [-0.4, -0.2) is 27.7 Å². The number of hydrogen-bond donors (Lipinski definition) is 1. The van der Waals surface area contributed by atoms with Crippen LogP contribution in [-0.2, 0) is 0 Å². The van der Waals surface area contributed by atoms with Gasteiger partial charge in [0, 0.05) is 12.3 Å². The number of aromatic nitrogens is 3. The summed E-state index contributed by atoms with van der Waals surface area (Å²) in [6.45, 7) is 0. The number of nitrogens with one attached hydrogen (secondary N) is 1. The number of ether oxygens (including phenoxy) is 2. The van der Waals surface area contributed by atoms with Gasteiger partial charge in [-0.3, -0.25) is 0 Å². The van der Waals surface area contributed by atoms with Crippen molar-refractivity contribution in [3.63, 3.8) is 0 Å². The number of nitrogens with zero attached hydrogens (tertiary/aromatic N) is 2. The molecule has 0 atom stereocenters. The number of hydrogen-bond acceptors (Lipinski definition) is 4. The maximum absolute atomic E-state index is 12.3. The lowest BCUT2D eigenvalue weighted by atomic mass is 10.2. The van der Waals surface area contributed by atoms with Gasteiger partial charge in [0.2, 0.25) is 0 Å². The first-order valence-electron chi connectivity index (χ1n) is 8.17. The normalized spacial score (nSPS) is 15.0. The van der Waals surface area contributed by atoms with Crippen LogP contribution in [0.2, 0.25) is 0 Å². The Hall–Kier alpha value is -2.76. The highest BCUT2D eigenvalue weighted by atomic mass is 16.5. The molecule has 0 radical (unpaired) electrons. The predicted octanol–water partition coefficient (Wildman–Crippen LogP) is 3.04. The minimum Gasteiger partial charge on any atom is -0.493 e. The molecule has 3 aromatic rings. The number of fused-ring (bicyclic) bond motifs is 1. The average molecular weight is 325 g/mol. The van der Waals surface area contributed by atoms with Crippen LogP contribution in [0.5, 0.6) is 11.5 Å². The van der Waals surface area contributed by atoms with E-state index in [1.807, 2.05) is 24.3 Å². The highest BCUT2D eigenvalue weighted by molar-refractivity contribution is 5.72. The molecule has 6 heteroatoms. The smallest absolute Gasteiger partial charge is 0.332 e. The molecule has 2 aromatic heterocycles. The Morgan fingerprint density at radius 1 is 1.21 bits per heavy atom. The fraction of sp³-hybridized carbons (Fsp3) is 0.333. The summed E-state index contributed by atoms with van der Waals surface area (Å²) >= 11 is 0. The lowest BCUT2D eigenvalue weighted by molar-refractivity contribution is 0.201. The van der Waals surface area contributed by atoms with E-state index in [0.717, 1.165) is 12.8 Å². The first kappa shape index (κ1) is 14.8. The summed E-state index contributed by atoms with van der Waals surface area (Å²) in [5.41, 5.74) is 1.79. The van der Waals surface area contributed by atoms with Gasteiger partial charge < -0.3 is 14.5 Å². The van der Waals surface area contributed by atoms with Gasteiger partial charge in [0.25, 0.3) is 0 Å². The van der Waals surface area contributed by atoms with Crippen molar-refractivity contribution in [1.29, 1.82) is 0 Å². The monoisotopic (exact) mass is 325 g/mol. The van der Waals surface area contributed by atoms with Crippen LogP contribution in [0.25, 0.3) is 16.9 Å². The molecule has 0 bridgehead atoms. The molecule has 124 valence electrons. The van der Waals surface area contributed by atoms with Crippen molar-refractivity contribution < 1.29 is 9.47 Å². The zero-order valence-corrected chi connectivity index (χ0v) is 13.5. The predicted molar refractivity (Wildman–Crippen MR) is 91.1 cm³/mol. The third kappa shape index (κ3) is 2.54. The van der Waals surface area contributed by atoms with Gasteiger partial charge in [-0.15, -0.1) is 0 Å². The van der Waals surface area contributed by atoms with Crippen molar-refractivity contribution in [3.05, 3.63) is 47.0 Å². The largest absolute Gasteiger partial charge is 0.493 e. The van der Waals surface area contributed by atoms with Crippen LogP contribution < -0.4 is 15.2 Å². The van der Waals surface area contributed by atoms with Crippen molar-refractivity contribution in [2.75, 3.05) is 7.11 Å². The Morgan fingerprint density at radius 2 is 2.04 bits per heavy atom. The molecule has 2 heterocycles. The van der Waals surface area contributed by atoms with Crippen LogP contribution in [0.15, 0.2) is 41.3 Å². The molecule has 1 aromatic carbocycles. The summed E-state index contributed by atoms with van der Waals surface area (Å²) in [6, 6.07) is 9.14. The number of imidazole rings is 1. The lowest BCUT2D eigenvalue weighted by Gasteiger charge is -2.17. The summed E-state index contributed by atoms with van der Waals surface area (Å²) in [5, 5.41) is 0. The lowest BCUT2D eigenvalue weighted by Crippen LogP contribution is -2.16. The van der Waals surface area contributed by atoms with Crippen molar-refractivity contribution >= 4 is 11.2 Å². The summed E-state index contributed by atoms with van der Waals surface area (Å²) in [6.07, 6.45) is 6.39. The van der Waals surface area contributed by atoms with Crippen LogP contribution in [0.3, 0.4) is 0 Å². The Bertz CT molecular complexity index is 923. The third-order valence-electron chi connectivity index (χ3n) is 4.44. The van der Waals surface area contributed by atoms with Gasteiger partial charge in [0.1, 0.15) is 0 Å². The molecule has 24 heavy (non-hydrogen) atoms.